The second kappa shape index (κ2) is 7.79. The van der Waals surface area contributed by atoms with Crippen molar-refractivity contribution >= 4 is 33.9 Å². The second-order valence-corrected chi connectivity index (χ2v) is 7.45. The van der Waals surface area contributed by atoms with Gasteiger partial charge in [0.25, 0.3) is 0 Å². The number of rotatable bonds is 5. The summed E-state index contributed by atoms with van der Waals surface area (Å²) in [4.78, 5) is 27.3. The molecular formula is C17H17N5O2S2. The van der Waals surface area contributed by atoms with Gasteiger partial charge in [0.15, 0.2) is 5.13 Å². The zero-order chi connectivity index (χ0) is 17.8. The van der Waals surface area contributed by atoms with Crippen LogP contribution in [0.2, 0.25) is 0 Å². The van der Waals surface area contributed by atoms with Gasteiger partial charge in [-0.15, -0.1) is 11.3 Å². The highest BCUT2D eigenvalue weighted by molar-refractivity contribution is 7.13. The maximum Gasteiger partial charge on any atom is 0.407 e. The number of hydrogen-bond donors (Lipinski definition) is 1. The van der Waals surface area contributed by atoms with Gasteiger partial charge in [0.1, 0.15) is 6.10 Å². The molecule has 0 bridgehead atoms. The minimum atomic E-state index is -0.432. The third-order valence-electron chi connectivity index (χ3n) is 4.08. The molecule has 7 nitrogen and oxygen atoms in total. The number of nitrogens with one attached hydrogen (secondary N) is 1. The third kappa shape index (κ3) is 3.83. The Morgan fingerprint density at radius 3 is 3.00 bits per heavy atom. The lowest BCUT2D eigenvalue weighted by Gasteiger charge is -2.15. The summed E-state index contributed by atoms with van der Waals surface area (Å²) in [6, 6.07) is 1.99. The zero-order valence-corrected chi connectivity index (χ0v) is 15.5. The Balaban J connectivity index is 1.31. The molecule has 134 valence electrons. The van der Waals surface area contributed by atoms with Gasteiger partial charge < -0.3 is 15.0 Å². The van der Waals surface area contributed by atoms with Crippen LogP contribution in [0.3, 0.4) is 0 Å². The minimum Gasteiger partial charge on any atom is -0.444 e. The van der Waals surface area contributed by atoms with Crippen molar-refractivity contribution < 1.29 is 9.53 Å². The standard InChI is InChI=1S/C17H17N5O2S2/c23-17(24-13-1-6-22(10-13)16-20-5-8-26-16)21-9-14-15(19-4-3-18-14)12-2-7-25-11-12/h2-5,7-8,11,13H,1,6,9-10H2,(H,21,23). The van der Waals surface area contributed by atoms with E-state index in [4.69, 9.17) is 4.74 Å². The van der Waals surface area contributed by atoms with Crippen molar-refractivity contribution in [1.82, 2.24) is 20.3 Å². The first-order valence-corrected chi connectivity index (χ1v) is 10.0. The van der Waals surface area contributed by atoms with Crippen LogP contribution in [0.15, 0.2) is 40.8 Å². The van der Waals surface area contributed by atoms with Gasteiger partial charge in [-0.05, 0) is 11.4 Å². The van der Waals surface area contributed by atoms with Crippen LogP contribution in [0.4, 0.5) is 9.93 Å². The highest BCUT2D eigenvalue weighted by Gasteiger charge is 2.27. The minimum absolute atomic E-state index is 0.128. The number of hydrogen-bond acceptors (Lipinski definition) is 8. The number of nitrogens with zero attached hydrogens (tertiary/aromatic N) is 4. The molecule has 3 aromatic rings. The molecule has 0 aliphatic carbocycles. The van der Waals surface area contributed by atoms with Crippen LogP contribution >= 0.6 is 22.7 Å². The Bertz CT molecular complexity index is 854. The van der Waals surface area contributed by atoms with E-state index in [-0.39, 0.29) is 12.6 Å². The summed E-state index contributed by atoms with van der Waals surface area (Å²) >= 11 is 3.19. The molecule has 1 amide bonds. The smallest absolute Gasteiger partial charge is 0.407 e. The topological polar surface area (TPSA) is 80.2 Å². The maximum absolute atomic E-state index is 12.2. The lowest BCUT2D eigenvalue weighted by atomic mass is 10.2. The van der Waals surface area contributed by atoms with Gasteiger partial charge in [-0.3, -0.25) is 9.97 Å². The number of alkyl carbamates (subject to hydrolysis) is 1. The van der Waals surface area contributed by atoms with Crippen LogP contribution < -0.4 is 10.2 Å². The number of amides is 1. The monoisotopic (exact) mass is 387 g/mol. The molecule has 1 fully saturated rings. The summed E-state index contributed by atoms with van der Waals surface area (Å²) in [6.45, 7) is 1.80. The molecular weight excluding hydrogens is 370 g/mol. The number of thiophene rings is 1. The molecule has 0 spiro atoms. The molecule has 9 heteroatoms. The molecule has 1 saturated heterocycles. The number of anilines is 1. The molecule has 1 unspecified atom stereocenters. The van der Waals surface area contributed by atoms with Gasteiger partial charge in [0.2, 0.25) is 0 Å². The molecule has 4 rings (SSSR count). The molecule has 4 heterocycles. The van der Waals surface area contributed by atoms with Crippen LogP contribution in [0.25, 0.3) is 11.3 Å². The van der Waals surface area contributed by atoms with E-state index in [0.29, 0.717) is 6.54 Å². The maximum atomic E-state index is 12.2. The van der Waals surface area contributed by atoms with Gasteiger partial charge in [-0.2, -0.15) is 11.3 Å². The second-order valence-electron chi connectivity index (χ2n) is 5.79. The van der Waals surface area contributed by atoms with E-state index in [1.54, 1.807) is 41.3 Å². The van der Waals surface area contributed by atoms with Crippen LogP contribution in [0.5, 0.6) is 0 Å². The van der Waals surface area contributed by atoms with Gasteiger partial charge in [0, 0.05) is 47.9 Å². The van der Waals surface area contributed by atoms with Crippen LogP contribution in [-0.2, 0) is 11.3 Å². The summed E-state index contributed by atoms with van der Waals surface area (Å²) in [7, 11) is 0. The Morgan fingerprint density at radius 2 is 2.19 bits per heavy atom. The van der Waals surface area contributed by atoms with Crippen LogP contribution in [0.1, 0.15) is 12.1 Å². The lowest BCUT2D eigenvalue weighted by molar-refractivity contribution is 0.107. The molecule has 1 atom stereocenters. The molecule has 1 aliphatic rings. The number of aromatic nitrogens is 3. The normalized spacial score (nSPS) is 16.6. The largest absolute Gasteiger partial charge is 0.444 e. The first kappa shape index (κ1) is 16.9. The van der Waals surface area contributed by atoms with Crippen molar-refractivity contribution in [1.29, 1.82) is 0 Å². The summed E-state index contributed by atoms with van der Waals surface area (Å²) in [5.74, 6) is 0. The van der Waals surface area contributed by atoms with Gasteiger partial charge in [-0.25, -0.2) is 9.78 Å². The number of carbonyl (C=O) groups is 1. The fourth-order valence-corrected chi connectivity index (χ4v) is 4.18. The van der Waals surface area contributed by atoms with Crippen molar-refractivity contribution in [3.8, 4) is 11.3 Å². The average molecular weight is 387 g/mol. The van der Waals surface area contributed by atoms with E-state index in [1.165, 1.54) is 0 Å². The Morgan fingerprint density at radius 1 is 1.27 bits per heavy atom. The first-order valence-electron chi connectivity index (χ1n) is 8.21. The summed E-state index contributed by atoms with van der Waals surface area (Å²) in [6.07, 6.45) is 5.31. The zero-order valence-electron chi connectivity index (χ0n) is 13.9. The molecule has 0 saturated carbocycles. The van der Waals surface area contributed by atoms with E-state index in [0.717, 1.165) is 35.0 Å². The molecule has 0 aromatic carbocycles. The van der Waals surface area contributed by atoms with E-state index in [1.807, 2.05) is 22.2 Å². The van der Waals surface area contributed by atoms with E-state index >= 15 is 0 Å². The highest BCUT2D eigenvalue weighted by Crippen LogP contribution is 2.24. The summed E-state index contributed by atoms with van der Waals surface area (Å²) < 4.78 is 5.53. The van der Waals surface area contributed by atoms with E-state index < -0.39 is 6.09 Å². The Hall–Kier alpha value is -2.52. The SMILES string of the molecule is O=C(NCc1nccnc1-c1ccsc1)OC1CCN(c2nccs2)C1. The van der Waals surface area contributed by atoms with Crippen molar-refractivity contribution in [2.24, 2.45) is 0 Å². The van der Waals surface area contributed by atoms with Crippen molar-refractivity contribution in [3.63, 3.8) is 0 Å². The van der Waals surface area contributed by atoms with Crippen molar-refractivity contribution in [3.05, 3.63) is 46.5 Å². The Labute approximate surface area is 158 Å². The van der Waals surface area contributed by atoms with Gasteiger partial charge in [0.05, 0.1) is 24.5 Å². The Kier molecular flexibility index (Phi) is 5.07. The quantitative estimate of drug-likeness (QED) is 0.724. The molecule has 26 heavy (non-hydrogen) atoms. The number of carbonyl (C=O) groups excluding carboxylic acids is 1. The predicted molar refractivity (Wildman–Crippen MR) is 101 cm³/mol. The van der Waals surface area contributed by atoms with Crippen molar-refractivity contribution in [2.45, 2.75) is 19.1 Å². The van der Waals surface area contributed by atoms with E-state index in [9.17, 15) is 4.79 Å². The molecule has 3 aromatic heterocycles. The van der Waals surface area contributed by atoms with Crippen LogP contribution in [-0.4, -0.2) is 40.2 Å². The van der Waals surface area contributed by atoms with E-state index in [2.05, 4.69) is 25.2 Å². The number of ether oxygens (including phenoxy) is 1. The predicted octanol–water partition coefficient (Wildman–Crippen LogP) is 3.17. The van der Waals surface area contributed by atoms with Gasteiger partial charge >= 0.3 is 6.09 Å². The highest BCUT2D eigenvalue weighted by atomic mass is 32.1. The van der Waals surface area contributed by atoms with Crippen LogP contribution in [0, 0.1) is 0 Å². The first-order chi connectivity index (χ1) is 12.8. The summed E-state index contributed by atoms with van der Waals surface area (Å²) in [5, 5.41) is 9.70. The fourth-order valence-electron chi connectivity index (χ4n) is 2.86. The molecule has 1 aliphatic heterocycles. The lowest BCUT2D eigenvalue weighted by Crippen LogP contribution is -2.31. The number of thiazole rings is 1. The molecule has 0 radical (unpaired) electrons. The average Bonchev–Trinajstić information content (AvgIpc) is 3.41. The van der Waals surface area contributed by atoms with Crippen molar-refractivity contribution in [2.75, 3.05) is 18.0 Å². The summed E-state index contributed by atoms with van der Waals surface area (Å²) in [5.41, 5.74) is 2.51. The van der Waals surface area contributed by atoms with Gasteiger partial charge in [-0.1, -0.05) is 0 Å². The third-order valence-corrected chi connectivity index (χ3v) is 5.59. The fraction of sp³-hybridized carbons (Fsp3) is 0.294. The molecule has 1 N–H and O–H groups in total.